The number of nitrogens with zero attached hydrogens (tertiary/aromatic N) is 1. The number of ether oxygens (including phenoxy) is 1. The van der Waals surface area contributed by atoms with E-state index in [0.717, 1.165) is 4.47 Å². The SMILES string of the molecule is COC(=O)C(C)CN(C)C(=O)c1ccc(Br)c(N)c1. The van der Waals surface area contributed by atoms with E-state index < -0.39 is 0 Å². The number of methoxy groups -OCH3 is 1. The van der Waals surface area contributed by atoms with Gasteiger partial charge in [-0.1, -0.05) is 6.92 Å². The van der Waals surface area contributed by atoms with E-state index in [1.54, 1.807) is 32.2 Å². The molecule has 0 aliphatic carbocycles. The highest BCUT2D eigenvalue weighted by molar-refractivity contribution is 9.10. The lowest BCUT2D eigenvalue weighted by atomic mass is 10.1. The number of benzene rings is 1. The minimum atomic E-state index is -0.369. The minimum absolute atomic E-state index is 0.185. The number of carbonyl (C=O) groups is 2. The van der Waals surface area contributed by atoms with Crippen molar-refractivity contribution in [2.45, 2.75) is 6.92 Å². The van der Waals surface area contributed by atoms with Crippen molar-refractivity contribution in [3.63, 3.8) is 0 Å². The van der Waals surface area contributed by atoms with Crippen molar-refractivity contribution in [3.05, 3.63) is 28.2 Å². The van der Waals surface area contributed by atoms with Crippen LogP contribution in [0.2, 0.25) is 0 Å². The van der Waals surface area contributed by atoms with Gasteiger partial charge in [0.1, 0.15) is 0 Å². The zero-order chi connectivity index (χ0) is 14.6. The van der Waals surface area contributed by atoms with Crippen LogP contribution in [0.1, 0.15) is 17.3 Å². The quantitative estimate of drug-likeness (QED) is 0.677. The summed E-state index contributed by atoms with van der Waals surface area (Å²) in [6, 6.07) is 5.01. The third kappa shape index (κ3) is 3.96. The molecule has 0 heterocycles. The van der Waals surface area contributed by atoms with Crippen molar-refractivity contribution in [3.8, 4) is 0 Å². The Balaban J connectivity index is 2.76. The Labute approximate surface area is 120 Å². The molecule has 1 aromatic carbocycles. The van der Waals surface area contributed by atoms with Gasteiger partial charge in [-0.3, -0.25) is 9.59 Å². The lowest BCUT2D eigenvalue weighted by Crippen LogP contribution is -2.34. The zero-order valence-corrected chi connectivity index (χ0v) is 12.7. The molecule has 1 aromatic rings. The molecule has 0 saturated carbocycles. The number of nitrogen functional groups attached to an aromatic ring is 1. The van der Waals surface area contributed by atoms with Gasteiger partial charge in [0.15, 0.2) is 0 Å². The van der Waals surface area contributed by atoms with E-state index in [-0.39, 0.29) is 17.8 Å². The topological polar surface area (TPSA) is 72.6 Å². The van der Waals surface area contributed by atoms with Crippen LogP contribution in [0.25, 0.3) is 0 Å². The van der Waals surface area contributed by atoms with Crippen LogP contribution in [-0.2, 0) is 9.53 Å². The smallest absolute Gasteiger partial charge is 0.310 e. The summed E-state index contributed by atoms with van der Waals surface area (Å²) < 4.78 is 5.38. The fourth-order valence-corrected chi connectivity index (χ4v) is 1.91. The first-order chi connectivity index (χ1) is 8.86. The molecular weight excluding hydrogens is 312 g/mol. The first-order valence-corrected chi connectivity index (χ1v) is 6.54. The summed E-state index contributed by atoms with van der Waals surface area (Å²) in [5.41, 5.74) is 6.72. The summed E-state index contributed by atoms with van der Waals surface area (Å²) in [5.74, 6) is -0.892. The number of nitrogens with two attached hydrogens (primary N) is 1. The van der Waals surface area contributed by atoms with E-state index in [4.69, 9.17) is 5.73 Å². The Morgan fingerprint density at radius 3 is 2.63 bits per heavy atom. The van der Waals surface area contributed by atoms with E-state index in [2.05, 4.69) is 20.7 Å². The average Bonchev–Trinajstić information content (AvgIpc) is 2.39. The average molecular weight is 329 g/mol. The highest BCUT2D eigenvalue weighted by Gasteiger charge is 2.19. The molecule has 19 heavy (non-hydrogen) atoms. The van der Waals surface area contributed by atoms with E-state index >= 15 is 0 Å². The molecule has 0 aliphatic heterocycles. The summed E-state index contributed by atoms with van der Waals surface area (Å²) in [6.45, 7) is 2.01. The number of esters is 1. The van der Waals surface area contributed by atoms with Gasteiger partial charge in [-0.25, -0.2) is 0 Å². The molecule has 1 rings (SSSR count). The first kappa shape index (κ1) is 15.5. The highest BCUT2D eigenvalue weighted by Crippen LogP contribution is 2.21. The molecule has 0 aliphatic rings. The Kier molecular flexibility index (Phi) is 5.35. The molecule has 2 N–H and O–H groups in total. The molecule has 1 amide bonds. The maximum absolute atomic E-state index is 12.2. The Hall–Kier alpha value is -1.56. The number of rotatable bonds is 4. The number of hydrogen-bond acceptors (Lipinski definition) is 4. The standard InChI is InChI=1S/C13H17BrN2O3/c1-8(13(18)19-3)7-16(2)12(17)9-4-5-10(14)11(15)6-9/h4-6,8H,7,15H2,1-3H3. The van der Waals surface area contributed by atoms with Gasteiger partial charge in [-0.2, -0.15) is 0 Å². The van der Waals surface area contributed by atoms with Crippen molar-refractivity contribution in [2.24, 2.45) is 5.92 Å². The van der Waals surface area contributed by atoms with Gasteiger partial charge < -0.3 is 15.4 Å². The molecule has 0 radical (unpaired) electrons. The Morgan fingerprint density at radius 2 is 2.11 bits per heavy atom. The van der Waals surface area contributed by atoms with Gasteiger partial charge in [0.05, 0.1) is 13.0 Å². The number of carbonyl (C=O) groups excluding carboxylic acids is 2. The monoisotopic (exact) mass is 328 g/mol. The van der Waals surface area contributed by atoms with Crippen molar-refractivity contribution in [1.29, 1.82) is 0 Å². The molecule has 0 fully saturated rings. The summed E-state index contributed by atoms with van der Waals surface area (Å²) in [7, 11) is 2.97. The van der Waals surface area contributed by atoms with Gasteiger partial charge in [0.25, 0.3) is 5.91 Å². The largest absolute Gasteiger partial charge is 0.469 e. The van der Waals surface area contributed by atoms with Crippen LogP contribution in [0.15, 0.2) is 22.7 Å². The number of anilines is 1. The predicted molar refractivity (Wildman–Crippen MR) is 76.7 cm³/mol. The van der Waals surface area contributed by atoms with Crippen LogP contribution < -0.4 is 5.73 Å². The predicted octanol–water partition coefficient (Wildman–Crippen LogP) is 1.91. The van der Waals surface area contributed by atoms with Gasteiger partial charge in [-0.15, -0.1) is 0 Å². The number of hydrogen-bond donors (Lipinski definition) is 1. The second-order valence-electron chi connectivity index (χ2n) is 4.35. The van der Waals surface area contributed by atoms with Crippen LogP contribution in [0.5, 0.6) is 0 Å². The third-order valence-electron chi connectivity index (χ3n) is 2.74. The normalized spacial score (nSPS) is 11.8. The summed E-state index contributed by atoms with van der Waals surface area (Å²) in [4.78, 5) is 25.0. The lowest BCUT2D eigenvalue weighted by molar-refractivity contribution is -0.145. The van der Waals surface area contributed by atoms with E-state index in [9.17, 15) is 9.59 Å². The fourth-order valence-electron chi connectivity index (χ4n) is 1.67. The third-order valence-corrected chi connectivity index (χ3v) is 3.46. The Morgan fingerprint density at radius 1 is 1.47 bits per heavy atom. The molecule has 6 heteroatoms. The van der Waals surface area contributed by atoms with Crippen LogP contribution in [-0.4, -0.2) is 37.5 Å². The molecule has 0 bridgehead atoms. The van der Waals surface area contributed by atoms with Crippen molar-refractivity contribution in [2.75, 3.05) is 26.4 Å². The molecule has 0 saturated heterocycles. The van der Waals surface area contributed by atoms with Crippen LogP contribution >= 0.6 is 15.9 Å². The van der Waals surface area contributed by atoms with Crippen LogP contribution in [0.4, 0.5) is 5.69 Å². The lowest BCUT2D eigenvalue weighted by Gasteiger charge is -2.20. The van der Waals surface area contributed by atoms with Gasteiger partial charge in [0.2, 0.25) is 0 Å². The second kappa shape index (κ2) is 6.56. The van der Waals surface area contributed by atoms with Gasteiger partial charge in [-0.05, 0) is 34.1 Å². The second-order valence-corrected chi connectivity index (χ2v) is 5.20. The van der Waals surface area contributed by atoms with E-state index in [1.807, 2.05) is 0 Å². The summed E-state index contributed by atoms with van der Waals surface area (Å²) in [6.07, 6.45) is 0. The van der Waals surface area contributed by atoms with Gasteiger partial charge in [0, 0.05) is 29.3 Å². The molecule has 5 nitrogen and oxygen atoms in total. The minimum Gasteiger partial charge on any atom is -0.469 e. The maximum atomic E-state index is 12.2. The molecule has 1 atom stereocenters. The number of halogens is 1. The molecule has 0 aromatic heterocycles. The molecule has 0 spiro atoms. The zero-order valence-electron chi connectivity index (χ0n) is 11.1. The molecule has 1 unspecified atom stereocenters. The van der Waals surface area contributed by atoms with E-state index in [1.165, 1.54) is 12.0 Å². The van der Waals surface area contributed by atoms with E-state index in [0.29, 0.717) is 17.8 Å². The molecular formula is C13H17BrN2O3. The van der Waals surface area contributed by atoms with Crippen LogP contribution in [0, 0.1) is 5.92 Å². The first-order valence-electron chi connectivity index (χ1n) is 5.75. The van der Waals surface area contributed by atoms with Crippen LogP contribution in [0.3, 0.4) is 0 Å². The van der Waals surface area contributed by atoms with Crippen molar-refractivity contribution >= 4 is 33.5 Å². The van der Waals surface area contributed by atoms with Crippen molar-refractivity contribution in [1.82, 2.24) is 4.90 Å². The number of amides is 1. The highest BCUT2D eigenvalue weighted by atomic mass is 79.9. The Bertz CT molecular complexity index is 491. The molecule has 104 valence electrons. The van der Waals surface area contributed by atoms with Gasteiger partial charge >= 0.3 is 5.97 Å². The summed E-state index contributed by atoms with van der Waals surface area (Å²) >= 11 is 3.27. The summed E-state index contributed by atoms with van der Waals surface area (Å²) in [5, 5.41) is 0. The fraction of sp³-hybridized carbons (Fsp3) is 0.385. The maximum Gasteiger partial charge on any atom is 0.310 e. The van der Waals surface area contributed by atoms with Crippen molar-refractivity contribution < 1.29 is 14.3 Å².